The SMILES string of the molecule is CC(C)(C)OCCCCOC(=O)CC(Cc1ccc(-c2ccccc2)cc1)C(=O)O. The van der Waals surface area contributed by atoms with E-state index in [9.17, 15) is 14.7 Å². The second-order valence-corrected chi connectivity index (χ2v) is 8.39. The molecule has 2 aromatic rings. The number of carboxylic acids is 1. The topological polar surface area (TPSA) is 72.8 Å². The molecule has 5 heteroatoms. The normalized spacial score (nSPS) is 12.4. The van der Waals surface area contributed by atoms with E-state index in [-0.39, 0.29) is 18.6 Å². The fraction of sp³-hybridized carbons (Fsp3) is 0.440. The van der Waals surface area contributed by atoms with E-state index in [0.717, 1.165) is 23.1 Å². The molecule has 0 saturated carbocycles. The molecule has 0 aliphatic heterocycles. The highest BCUT2D eigenvalue weighted by atomic mass is 16.5. The van der Waals surface area contributed by atoms with Crippen molar-refractivity contribution in [2.24, 2.45) is 5.92 Å². The molecule has 1 atom stereocenters. The largest absolute Gasteiger partial charge is 0.481 e. The van der Waals surface area contributed by atoms with E-state index in [1.807, 2.05) is 75.4 Å². The van der Waals surface area contributed by atoms with Crippen LogP contribution in [0.2, 0.25) is 0 Å². The molecule has 162 valence electrons. The molecule has 0 bridgehead atoms. The van der Waals surface area contributed by atoms with Crippen molar-refractivity contribution in [3.8, 4) is 11.1 Å². The van der Waals surface area contributed by atoms with Gasteiger partial charge < -0.3 is 14.6 Å². The summed E-state index contributed by atoms with van der Waals surface area (Å²) in [7, 11) is 0. The lowest BCUT2D eigenvalue weighted by atomic mass is 9.95. The van der Waals surface area contributed by atoms with Crippen molar-refractivity contribution in [2.75, 3.05) is 13.2 Å². The van der Waals surface area contributed by atoms with Crippen molar-refractivity contribution in [2.45, 2.75) is 52.1 Å². The number of aliphatic carboxylic acids is 1. The van der Waals surface area contributed by atoms with Crippen LogP contribution in [0.3, 0.4) is 0 Å². The molecule has 0 aliphatic carbocycles. The maximum absolute atomic E-state index is 12.1. The monoisotopic (exact) mass is 412 g/mol. The maximum atomic E-state index is 12.1. The van der Waals surface area contributed by atoms with E-state index in [0.29, 0.717) is 19.4 Å². The zero-order valence-electron chi connectivity index (χ0n) is 18.1. The molecule has 0 fully saturated rings. The average Bonchev–Trinajstić information content (AvgIpc) is 2.70. The van der Waals surface area contributed by atoms with Gasteiger partial charge in [0.15, 0.2) is 0 Å². The van der Waals surface area contributed by atoms with Crippen molar-refractivity contribution in [1.82, 2.24) is 0 Å². The van der Waals surface area contributed by atoms with Gasteiger partial charge in [0.1, 0.15) is 0 Å². The molecule has 0 aromatic heterocycles. The number of unbranched alkanes of at least 4 members (excludes halogenated alkanes) is 1. The van der Waals surface area contributed by atoms with E-state index in [1.165, 1.54) is 0 Å². The Morgan fingerprint density at radius 3 is 2.10 bits per heavy atom. The van der Waals surface area contributed by atoms with Crippen LogP contribution in [0.25, 0.3) is 11.1 Å². The Morgan fingerprint density at radius 2 is 1.50 bits per heavy atom. The minimum atomic E-state index is -0.988. The van der Waals surface area contributed by atoms with Gasteiger partial charge >= 0.3 is 11.9 Å². The lowest BCUT2D eigenvalue weighted by molar-refractivity contribution is -0.151. The highest BCUT2D eigenvalue weighted by Gasteiger charge is 2.22. The molecule has 2 aromatic carbocycles. The third kappa shape index (κ3) is 8.78. The van der Waals surface area contributed by atoms with Crippen LogP contribution >= 0.6 is 0 Å². The average molecular weight is 413 g/mol. The fourth-order valence-electron chi connectivity index (χ4n) is 3.02. The molecule has 0 radical (unpaired) electrons. The van der Waals surface area contributed by atoms with Gasteiger partial charge in [-0.1, -0.05) is 54.6 Å². The highest BCUT2D eigenvalue weighted by Crippen LogP contribution is 2.21. The number of carboxylic acid groups (broad SMARTS) is 1. The van der Waals surface area contributed by atoms with Gasteiger partial charge in [-0.2, -0.15) is 0 Å². The van der Waals surface area contributed by atoms with Gasteiger partial charge in [-0.05, 0) is 56.7 Å². The number of hydrogen-bond acceptors (Lipinski definition) is 4. The number of ether oxygens (including phenoxy) is 2. The van der Waals surface area contributed by atoms with Crippen LogP contribution in [-0.2, 0) is 25.5 Å². The summed E-state index contributed by atoms with van der Waals surface area (Å²) in [6.45, 7) is 6.87. The van der Waals surface area contributed by atoms with Crippen LogP contribution in [0, 0.1) is 5.92 Å². The second-order valence-electron chi connectivity index (χ2n) is 8.39. The van der Waals surface area contributed by atoms with E-state index in [1.54, 1.807) is 0 Å². The number of benzene rings is 2. The van der Waals surface area contributed by atoms with E-state index in [4.69, 9.17) is 9.47 Å². The molecule has 30 heavy (non-hydrogen) atoms. The van der Waals surface area contributed by atoms with E-state index in [2.05, 4.69) is 0 Å². The quantitative estimate of drug-likeness (QED) is 0.409. The molecule has 0 saturated heterocycles. The number of carbonyl (C=O) groups is 2. The van der Waals surface area contributed by atoms with Gasteiger partial charge in [-0.25, -0.2) is 0 Å². The van der Waals surface area contributed by atoms with Crippen molar-refractivity contribution < 1.29 is 24.2 Å². The fourth-order valence-corrected chi connectivity index (χ4v) is 3.02. The summed E-state index contributed by atoms with van der Waals surface area (Å²) < 4.78 is 10.8. The third-order valence-electron chi connectivity index (χ3n) is 4.64. The molecule has 0 amide bonds. The van der Waals surface area contributed by atoms with Crippen molar-refractivity contribution in [3.63, 3.8) is 0 Å². The first-order valence-corrected chi connectivity index (χ1v) is 10.4. The standard InChI is InChI=1S/C25H32O5/c1-25(2,3)30-16-8-7-15-29-23(26)18-22(24(27)28)17-19-11-13-21(14-12-19)20-9-5-4-6-10-20/h4-6,9-14,22H,7-8,15-18H2,1-3H3,(H,27,28). The Bertz CT molecular complexity index is 791. The Kier molecular flexibility index (Phi) is 9.06. The summed E-state index contributed by atoms with van der Waals surface area (Å²) in [6.07, 6.45) is 1.65. The summed E-state index contributed by atoms with van der Waals surface area (Å²) in [5.74, 6) is -2.26. The van der Waals surface area contributed by atoms with Gasteiger partial charge in [0.25, 0.3) is 0 Å². The van der Waals surface area contributed by atoms with E-state index < -0.39 is 17.9 Å². The van der Waals surface area contributed by atoms with Crippen molar-refractivity contribution in [3.05, 3.63) is 60.2 Å². The van der Waals surface area contributed by atoms with Gasteiger partial charge in [0.2, 0.25) is 0 Å². The molecule has 0 spiro atoms. The van der Waals surface area contributed by atoms with E-state index >= 15 is 0 Å². The first-order chi connectivity index (χ1) is 14.2. The Morgan fingerprint density at radius 1 is 0.900 bits per heavy atom. The van der Waals surface area contributed by atoms with Crippen LogP contribution in [0.15, 0.2) is 54.6 Å². The summed E-state index contributed by atoms with van der Waals surface area (Å²) in [5.41, 5.74) is 2.88. The zero-order valence-corrected chi connectivity index (χ0v) is 18.1. The minimum Gasteiger partial charge on any atom is -0.481 e. The molecule has 0 heterocycles. The molecular weight excluding hydrogens is 380 g/mol. The molecule has 1 unspecified atom stereocenters. The first-order valence-electron chi connectivity index (χ1n) is 10.4. The predicted molar refractivity (Wildman–Crippen MR) is 117 cm³/mol. The molecule has 5 nitrogen and oxygen atoms in total. The summed E-state index contributed by atoms with van der Waals surface area (Å²) in [5, 5.41) is 9.51. The van der Waals surface area contributed by atoms with Crippen LogP contribution < -0.4 is 0 Å². The number of hydrogen-bond donors (Lipinski definition) is 1. The van der Waals surface area contributed by atoms with Gasteiger partial charge in [-0.15, -0.1) is 0 Å². The Hall–Kier alpha value is -2.66. The molecular formula is C25H32O5. The molecule has 1 N–H and O–H groups in total. The van der Waals surface area contributed by atoms with Crippen molar-refractivity contribution in [1.29, 1.82) is 0 Å². The first kappa shape index (κ1) is 23.6. The van der Waals surface area contributed by atoms with Crippen molar-refractivity contribution >= 4 is 11.9 Å². The van der Waals surface area contributed by atoms with Crippen LogP contribution in [-0.4, -0.2) is 35.9 Å². The highest BCUT2D eigenvalue weighted by molar-refractivity contribution is 5.79. The van der Waals surface area contributed by atoms with Crippen LogP contribution in [0.4, 0.5) is 0 Å². The van der Waals surface area contributed by atoms with Gasteiger partial charge in [0, 0.05) is 6.61 Å². The van der Waals surface area contributed by atoms with Crippen LogP contribution in [0.1, 0.15) is 45.6 Å². The summed E-state index contributed by atoms with van der Waals surface area (Å²) in [6, 6.07) is 17.8. The minimum absolute atomic E-state index is 0.131. The second kappa shape index (κ2) is 11.5. The lowest BCUT2D eigenvalue weighted by Gasteiger charge is -2.19. The smallest absolute Gasteiger partial charge is 0.307 e. The lowest BCUT2D eigenvalue weighted by Crippen LogP contribution is -2.22. The summed E-state index contributed by atoms with van der Waals surface area (Å²) >= 11 is 0. The zero-order chi connectivity index (χ0) is 22.0. The maximum Gasteiger partial charge on any atom is 0.307 e. The predicted octanol–water partition coefficient (Wildman–Crippen LogP) is 5.13. The number of rotatable bonds is 11. The molecule has 0 aliphatic rings. The van der Waals surface area contributed by atoms with Gasteiger partial charge in [0.05, 0.1) is 24.5 Å². The number of esters is 1. The Balaban J connectivity index is 1.79. The van der Waals surface area contributed by atoms with Crippen LogP contribution in [0.5, 0.6) is 0 Å². The molecule has 2 rings (SSSR count). The van der Waals surface area contributed by atoms with Gasteiger partial charge in [-0.3, -0.25) is 9.59 Å². The Labute approximate surface area is 179 Å². The number of carbonyl (C=O) groups excluding carboxylic acids is 1. The third-order valence-corrected chi connectivity index (χ3v) is 4.64. The summed E-state index contributed by atoms with van der Waals surface area (Å²) in [4.78, 5) is 23.7.